The molecule has 1 fully saturated rings. The molecule has 1 heterocycles. The third kappa shape index (κ3) is 9.40. The van der Waals surface area contributed by atoms with Crippen molar-refractivity contribution in [3.8, 4) is 5.75 Å². The molecule has 0 spiro atoms. The minimum absolute atomic E-state index is 0.0347. The normalized spacial score (nSPS) is 15.8. The fourth-order valence-electron chi connectivity index (χ4n) is 4.16. The van der Waals surface area contributed by atoms with Crippen LogP contribution in [0.2, 0.25) is 0 Å². The van der Waals surface area contributed by atoms with Gasteiger partial charge in [-0.15, -0.1) is 13.2 Å². The summed E-state index contributed by atoms with van der Waals surface area (Å²) in [5.74, 6) is -1.86. The van der Waals surface area contributed by atoms with Crippen LogP contribution in [0.5, 0.6) is 5.75 Å². The van der Waals surface area contributed by atoms with Crippen molar-refractivity contribution in [2.24, 2.45) is 5.92 Å². The Labute approximate surface area is 231 Å². The third-order valence-corrected chi connectivity index (χ3v) is 7.64. The Morgan fingerprint density at radius 1 is 1.02 bits per heavy atom. The van der Waals surface area contributed by atoms with Crippen LogP contribution in [0.1, 0.15) is 31.7 Å². The summed E-state index contributed by atoms with van der Waals surface area (Å²) < 4.78 is 70.3. The number of amides is 2. The van der Waals surface area contributed by atoms with Crippen molar-refractivity contribution in [3.63, 3.8) is 0 Å². The number of hydrogen-bond acceptors (Lipinski definition) is 7. The van der Waals surface area contributed by atoms with E-state index in [0.717, 1.165) is 6.26 Å². The third-order valence-electron chi connectivity index (χ3n) is 6.52. The number of nitrogens with zero attached hydrogens (tertiary/aromatic N) is 1. The Morgan fingerprint density at radius 3 is 2.15 bits per heavy atom. The minimum Gasteiger partial charge on any atom is -0.406 e. The summed E-state index contributed by atoms with van der Waals surface area (Å²) in [6, 6.07) is 10.8. The Balaban J connectivity index is 1.74. The van der Waals surface area contributed by atoms with Gasteiger partial charge in [0.05, 0.1) is 24.0 Å². The van der Waals surface area contributed by atoms with Crippen LogP contribution < -0.4 is 15.4 Å². The Morgan fingerprint density at radius 2 is 1.62 bits per heavy atom. The van der Waals surface area contributed by atoms with Crippen molar-refractivity contribution in [2.75, 3.05) is 44.4 Å². The minimum atomic E-state index is -4.78. The lowest BCUT2D eigenvalue weighted by atomic mass is 9.92. The molecule has 0 radical (unpaired) electrons. The first-order valence-electron chi connectivity index (χ1n) is 12.8. The summed E-state index contributed by atoms with van der Waals surface area (Å²) in [5.41, 5.74) is 1.03. The number of halogens is 3. The van der Waals surface area contributed by atoms with E-state index in [9.17, 15) is 31.2 Å². The Bertz CT molecular complexity index is 1250. The molecule has 2 N–H and O–H groups in total. The largest absolute Gasteiger partial charge is 0.573 e. The van der Waals surface area contributed by atoms with Gasteiger partial charge in [0.1, 0.15) is 5.75 Å². The van der Waals surface area contributed by atoms with E-state index < -0.39 is 34.1 Å². The number of ether oxygens (including phenoxy) is 2. The molecule has 1 aliphatic heterocycles. The Kier molecular flexibility index (Phi) is 10.4. The molecule has 0 bridgehead atoms. The molecule has 1 aliphatic rings. The average molecular weight is 586 g/mol. The molecule has 220 valence electrons. The molecule has 9 nitrogen and oxygen atoms in total. The summed E-state index contributed by atoms with van der Waals surface area (Å²) in [4.78, 5) is 28.4. The number of morpholine rings is 1. The average Bonchev–Trinajstić information content (AvgIpc) is 2.89. The maximum atomic E-state index is 13.6. The molecule has 2 atom stereocenters. The maximum Gasteiger partial charge on any atom is 0.573 e. The molecule has 2 aromatic rings. The first-order chi connectivity index (χ1) is 18.7. The van der Waals surface area contributed by atoms with Gasteiger partial charge in [-0.25, -0.2) is 8.42 Å². The summed E-state index contributed by atoms with van der Waals surface area (Å²) in [6.45, 7) is 5.74. The molecule has 0 unspecified atom stereocenters. The van der Waals surface area contributed by atoms with E-state index in [4.69, 9.17) is 4.74 Å². The van der Waals surface area contributed by atoms with Crippen molar-refractivity contribution in [1.82, 2.24) is 10.2 Å². The summed E-state index contributed by atoms with van der Waals surface area (Å²) in [5, 5.41) is 6.10. The second-order valence-electron chi connectivity index (χ2n) is 9.90. The van der Waals surface area contributed by atoms with E-state index in [2.05, 4.69) is 15.4 Å². The van der Waals surface area contributed by atoms with Crippen LogP contribution >= 0.6 is 0 Å². The van der Waals surface area contributed by atoms with Gasteiger partial charge in [0.2, 0.25) is 11.8 Å². The van der Waals surface area contributed by atoms with Crippen molar-refractivity contribution in [1.29, 1.82) is 0 Å². The second kappa shape index (κ2) is 13.4. The lowest BCUT2D eigenvalue weighted by Gasteiger charge is -2.30. The quantitative estimate of drug-likeness (QED) is 0.415. The highest BCUT2D eigenvalue weighted by molar-refractivity contribution is 7.90. The first kappa shape index (κ1) is 31.2. The molecule has 3 rings (SSSR count). The second-order valence-corrected chi connectivity index (χ2v) is 11.9. The van der Waals surface area contributed by atoms with Gasteiger partial charge in [0, 0.05) is 44.0 Å². The van der Waals surface area contributed by atoms with Gasteiger partial charge in [0.25, 0.3) is 0 Å². The van der Waals surface area contributed by atoms with Crippen LogP contribution in [0.4, 0.5) is 18.9 Å². The van der Waals surface area contributed by atoms with Gasteiger partial charge in [-0.05, 0) is 47.9 Å². The predicted octanol–water partition coefficient (Wildman–Crippen LogP) is 3.57. The van der Waals surface area contributed by atoms with Crippen LogP contribution in [-0.4, -0.2) is 76.6 Å². The number of carbonyl (C=O) groups is 2. The molecule has 1 saturated heterocycles. The van der Waals surface area contributed by atoms with Gasteiger partial charge in [-0.1, -0.05) is 26.0 Å². The molecular weight excluding hydrogens is 551 g/mol. The number of rotatable bonds is 11. The van der Waals surface area contributed by atoms with Crippen molar-refractivity contribution in [3.05, 3.63) is 54.1 Å². The first-order valence-corrected chi connectivity index (χ1v) is 14.7. The molecule has 13 heteroatoms. The zero-order chi connectivity index (χ0) is 29.5. The van der Waals surface area contributed by atoms with Crippen LogP contribution in [0.25, 0.3) is 0 Å². The zero-order valence-corrected chi connectivity index (χ0v) is 23.3. The van der Waals surface area contributed by atoms with Crippen LogP contribution in [0, 0.1) is 5.92 Å². The van der Waals surface area contributed by atoms with Gasteiger partial charge >= 0.3 is 6.36 Å². The highest BCUT2D eigenvalue weighted by Gasteiger charge is 2.31. The molecule has 2 amide bonds. The van der Waals surface area contributed by atoms with E-state index in [1.807, 2.05) is 13.8 Å². The summed E-state index contributed by atoms with van der Waals surface area (Å²) >= 11 is 0. The fourth-order valence-corrected chi connectivity index (χ4v) is 4.80. The number of hydrogen-bond donors (Lipinski definition) is 2. The van der Waals surface area contributed by atoms with Crippen LogP contribution in [-0.2, 0) is 24.2 Å². The lowest BCUT2D eigenvalue weighted by molar-refractivity contribution is -0.274. The van der Waals surface area contributed by atoms with Gasteiger partial charge in [-0.2, -0.15) is 0 Å². The molecule has 40 heavy (non-hydrogen) atoms. The molecule has 0 saturated carbocycles. The zero-order valence-electron chi connectivity index (χ0n) is 22.5. The van der Waals surface area contributed by atoms with E-state index in [1.165, 1.54) is 36.4 Å². The lowest BCUT2D eigenvalue weighted by Crippen LogP contribution is -2.47. The number of carbonyl (C=O) groups excluding carboxylic acids is 2. The monoisotopic (exact) mass is 585 g/mol. The number of alkyl halides is 3. The van der Waals surface area contributed by atoms with Gasteiger partial charge in [0.15, 0.2) is 9.84 Å². The highest BCUT2D eigenvalue weighted by atomic mass is 32.2. The van der Waals surface area contributed by atoms with Gasteiger partial charge < -0.3 is 25.0 Å². The van der Waals surface area contributed by atoms with Crippen molar-refractivity contribution >= 4 is 27.3 Å². The SMILES string of the molecule is CC(C)[C@@H](CNc1ccc(OC(F)(F)F)cc1)NC(=O)[C@H](CC(=O)N1CCOCC1)c1ccc(S(C)(=O)=O)cc1. The van der Waals surface area contributed by atoms with Crippen LogP contribution in [0.15, 0.2) is 53.4 Å². The fraction of sp³-hybridized carbons (Fsp3) is 0.481. The summed E-state index contributed by atoms with van der Waals surface area (Å²) in [6.07, 6.45) is -3.80. The molecular formula is C27H34F3N3O6S. The number of nitrogens with one attached hydrogen (secondary N) is 2. The smallest absolute Gasteiger partial charge is 0.406 e. The molecule has 2 aromatic carbocycles. The van der Waals surface area contributed by atoms with E-state index in [-0.39, 0.29) is 35.4 Å². The van der Waals surface area contributed by atoms with Crippen molar-refractivity contribution in [2.45, 2.75) is 43.5 Å². The van der Waals surface area contributed by atoms with Crippen molar-refractivity contribution < 1.29 is 40.7 Å². The van der Waals surface area contributed by atoms with E-state index in [1.54, 1.807) is 17.0 Å². The highest BCUT2D eigenvalue weighted by Crippen LogP contribution is 2.26. The van der Waals surface area contributed by atoms with Crippen LogP contribution in [0.3, 0.4) is 0 Å². The maximum absolute atomic E-state index is 13.6. The standard InChI is InChI=1S/C27H34F3N3O6S/c1-18(2)24(17-31-20-6-8-21(9-7-20)39-27(28,29)30)32-26(35)23(16-25(34)33-12-14-38-15-13-33)19-4-10-22(11-5-19)40(3,36)37/h4-11,18,23-24,31H,12-17H2,1-3H3,(H,32,35)/t23-,24-/m1/s1. The Hall–Kier alpha value is -3.32. The van der Waals surface area contributed by atoms with Gasteiger partial charge in [-0.3, -0.25) is 9.59 Å². The predicted molar refractivity (Wildman–Crippen MR) is 143 cm³/mol. The topological polar surface area (TPSA) is 114 Å². The molecule has 0 aromatic heterocycles. The number of benzene rings is 2. The number of sulfone groups is 1. The van der Waals surface area contributed by atoms with E-state index in [0.29, 0.717) is 37.6 Å². The molecule has 0 aliphatic carbocycles. The summed E-state index contributed by atoms with van der Waals surface area (Å²) in [7, 11) is -3.44. The van der Waals surface area contributed by atoms with E-state index >= 15 is 0 Å². The number of anilines is 1.